The second-order valence-electron chi connectivity index (χ2n) is 4.53. The van der Waals surface area contributed by atoms with E-state index in [1.54, 1.807) is 0 Å². The van der Waals surface area contributed by atoms with Crippen LogP contribution in [0.25, 0.3) is 0 Å². The molecule has 0 fully saturated rings. The maximum atomic E-state index is 5.56. The quantitative estimate of drug-likeness (QED) is 0.720. The summed E-state index contributed by atoms with van der Waals surface area (Å²) >= 11 is 0. The van der Waals surface area contributed by atoms with Crippen LogP contribution in [0.15, 0.2) is 18.2 Å². The highest BCUT2D eigenvalue weighted by molar-refractivity contribution is 5.31. The van der Waals surface area contributed by atoms with Crippen molar-refractivity contribution < 1.29 is 28.4 Å². The highest BCUT2D eigenvalue weighted by Gasteiger charge is 2.00. The Morgan fingerprint density at radius 1 is 0.545 bits per heavy atom. The van der Waals surface area contributed by atoms with E-state index in [9.17, 15) is 0 Å². The molecule has 0 saturated heterocycles. The summed E-state index contributed by atoms with van der Waals surface area (Å²) in [4.78, 5) is 0. The minimum atomic E-state index is 0.464. The predicted octanol–water partition coefficient (Wildman–Crippen LogP) is 1.32. The molecule has 1 aromatic rings. The fraction of sp³-hybridized carbons (Fsp3) is 0.625. The third-order valence-corrected chi connectivity index (χ3v) is 2.83. The fourth-order valence-electron chi connectivity index (χ4n) is 1.78. The van der Waals surface area contributed by atoms with Gasteiger partial charge in [-0.15, -0.1) is 0 Å². The number of fused-ring (bicyclic) bond motifs is 2. The Balaban J connectivity index is 1.76. The highest BCUT2D eigenvalue weighted by atomic mass is 16.6. The second-order valence-corrected chi connectivity index (χ2v) is 4.53. The van der Waals surface area contributed by atoms with E-state index >= 15 is 0 Å². The summed E-state index contributed by atoms with van der Waals surface area (Å²) in [5.74, 6) is 1.29. The van der Waals surface area contributed by atoms with E-state index in [0.717, 1.165) is 0 Å². The van der Waals surface area contributed by atoms with E-state index in [4.69, 9.17) is 28.4 Å². The van der Waals surface area contributed by atoms with Gasteiger partial charge in [0.15, 0.2) is 0 Å². The van der Waals surface area contributed by atoms with Crippen molar-refractivity contribution in [1.29, 1.82) is 0 Å². The van der Waals surface area contributed by atoms with Crippen LogP contribution in [0.2, 0.25) is 0 Å². The van der Waals surface area contributed by atoms with Gasteiger partial charge in [0.05, 0.1) is 58.9 Å². The summed E-state index contributed by atoms with van der Waals surface area (Å²) < 4.78 is 32.7. The summed E-state index contributed by atoms with van der Waals surface area (Å²) in [5, 5.41) is 0. The summed E-state index contributed by atoms with van der Waals surface area (Å²) in [6, 6.07) is 8.60. The zero-order valence-electron chi connectivity index (χ0n) is 12.8. The van der Waals surface area contributed by atoms with Gasteiger partial charge in [0, 0.05) is 0 Å². The molecule has 2 bridgehead atoms. The fourth-order valence-corrected chi connectivity index (χ4v) is 1.78. The summed E-state index contributed by atoms with van der Waals surface area (Å²) in [5.41, 5.74) is 0. The van der Waals surface area contributed by atoms with Crippen LogP contribution in [0.1, 0.15) is 0 Å². The molecule has 0 saturated carbocycles. The van der Waals surface area contributed by atoms with Crippen molar-refractivity contribution in [3.63, 3.8) is 0 Å². The van der Waals surface area contributed by atoms with Crippen LogP contribution in [0.4, 0.5) is 0 Å². The predicted molar refractivity (Wildman–Crippen MR) is 79.5 cm³/mol. The topological polar surface area (TPSA) is 55.4 Å². The molecule has 0 N–H and O–H groups in total. The van der Waals surface area contributed by atoms with Crippen molar-refractivity contribution in [2.24, 2.45) is 0 Å². The van der Waals surface area contributed by atoms with Gasteiger partial charge in [-0.25, -0.2) is 0 Å². The van der Waals surface area contributed by atoms with Crippen molar-refractivity contribution >= 4 is 0 Å². The molecule has 0 amide bonds. The minimum absolute atomic E-state index is 0.464. The molecule has 1 aromatic carbocycles. The molecular formula is C16H23O6. The number of ether oxygens (including phenoxy) is 6. The van der Waals surface area contributed by atoms with E-state index in [2.05, 4.69) is 6.07 Å². The Hall–Kier alpha value is -1.34. The molecule has 2 rings (SSSR count). The second kappa shape index (κ2) is 11.3. The summed E-state index contributed by atoms with van der Waals surface area (Å²) in [7, 11) is 0. The van der Waals surface area contributed by atoms with Crippen LogP contribution >= 0.6 is 0 Å². The molecular weight excluding hydrogens is 288 g/mol. The molecule has 1 aliphatic heterocycles. The number of rotatable bonds is 0. The van der Waals surface area contributed by atoms with Crippen molar-refractivity contribution in [1.82, 2.24) is 0 Å². The Morgan fingerprint density at radius 2 is 0.909 bits per heavy atom. The van der Waals surface area contributed by atoms with E-state index in [-0.39, 0.29) is 0 Å². The average molecular weight is 311 g/mol. The van der Waals surface area contributed by atoms with Gasteiger partial charge in [0.1, 0.15) is 24.7 Å². The van der Waals surface area contributed by atoms with Crippen LogP contribution in [0.5, 0.6) is 11.5 Å². The molecule has 123 valence electrons. The first-order valence-electron chi connectivity index (χ1n) is 7.54. The summed E-state index contributed by atoms with van der Waals surface area (Å²) in [6.07, 6.45) is 0. The molecule has 1 radical (unpaired) electrons. The minimum Gasteiger partial charge on any atom is -0.490 e. The first-order chi connectivity index (χ1) is 10.9. The molecule has 0 aliphatic carbocycles. The molecule has 1 aliphatic rings. The first kappa shape index (κ1) is 17.0. The Labute approximate surface area is 131 Å². The first-order valence-corrected chi connectivity index (χ1v) is 7.54. The maximum absolute atomic E-state index is 5.56. The smallest absolute Gasteiger partial charge is 0.131 e. The Morgan fingerprint density at radius 3 is 1.32 bits per heavy atom. The number of benzene rings is 1. The van der Waals surface area contributed by atoms with E-state index < -0.39 is 0 Å². The lowest BCUT2D eigenvalue weighted by Crippen LogP contribution is -2.14. The largest absolute Gasteiger partial charge is 0.490 e. The van der Waals surface area contributed by atoms with Crippen LogP contribution in [0, 0.1) is 6.07 Å². The van der Waals surface area contributed by atoms with Crippen molar-refractivity contribution in [2.75, 3.05) is 66.1 Å². The van der Waals surface area contributed by atoms with Gasteiger partial charge in [0.2, 0.25) is 0 Å². The number of hydrogen-bond donors (Lipinski definition) is 0. The third-order valence-electron chi connectivity index (χ3n) is 2.83. The van der Waals surface area contributed by atoms with Crippen LogP contribution in [-0.4, -0.2) is 66.1 Å². The standard InChI is InChI=1S/C16H23O6/c1-2-15-14-16(3-1)22-13-11-20-9-7-18-5-4-17-6-8-19-10-12-21-15/h1-3H,4-13H2. The van der Waals surface area contributed by atoms with Crippen molar-refractivity contribution in [2.45, 2.75) is 0 Å². The molecule has 6 heteroatoms. The molecule has 22 heavy (non-hydrogen) atoms. The SMILES string of the molecule is [c]1c2cccc1OCCOCCOCCOCCOCCO2. The molecule has 6 nitrogen and oxygen atoms in total. The lowest BCUT2D eigenvalue weighted by molar-refractivity contribution is -0.00664. The van der Waals surface area contributed by atoms with Gasteiger partial charge >= 0.3 is 0 Å². The highest BCUT2D eigenvalue weighted by Crippen LogP contribution is 2.18. The van der Waals surface area contributed by atoms with Crippen LogP contribution in [-0.2, 0) is 18.9 Å². The van der Waals surface area contributed by atoms with Crippen molar-refractivity contribution in [3.05, 3.63) is 24.3 Å². The van der Waals surface area contributed by atoms with Gasteiger partial charge in [0.25, 0.3) is 0 Å². The molecule has 0 unspecified atom stereocenters. The van der Waals surface area contributed by atoms with Crippen LogP contribution < -0.4 is 9.47 Å². The van der Waals surface area contributed by atoms with E-state index in [1.165, 1.54) is 0 Å². The molecule has 0 atom stereocenters. The van der Waals surface area contributed by atoms with Gasteiger partial charge < -0.3 is 28.4 Å². The maximum Gasteiger partial charge on any atom is 0.131 e. The van der Waals surface area contributed by atoms with E-state index in [0.29, 0.717) is 77.6 Å². The lowest BCUT2D eigenvalue weighted by Gasteiger charge is -2.09. The van der Waals surface area contributed by atoms with Crippen molar-refractivity contribution in [3.8, 4) is 11.5 Å². The lowest BCUT2D eigenvalue weighted by atomic mass is 10.3. The summed E-state index contributed by atoms with van der Waals surface area (Å²) in [6.45, 7) is 5.24. The van der Waals surface area contributed by atoms with Gasteiger partial charge in [-0.3, -0.25) is 0 Å². The van der Waals surface area contributed by atoms with Crippen LogP contribution in [0.3, 0.4) is 0 Å². The monoisotopic (exact) mass is 311 g/mol. The Kier molecular flexibility index (Phi) is 8.71. The molecule has 0 spiro atoms. The van der Waals surface area contributed by atoms with Gasteiger partial charge in [-0.2, -0.15) is 0 Å². The third kappa shape index (κ3) is 7.61. The van der Waals surface area contributed by atoms with E-state index in [1.807, 2.05) is 18.2 Å². The molecule has 1 heterocycles. The van der Waals surface area contributed by atoms with Gasteiger partial charge in [-0.05, 0) is 12.1 Å². The average Bonchev–Trinajstić information content (AvgIpc) is 2.54. The number of hydrogen-bond acceptors (Lipinski definition) is 6. The zero-order valence-corrected chi connectivity index (χ0v) is 12.8. The zero-order chi connectivity index (χ0) is 15.3. The Bertz CT molecular complexity index is 365. The van der Waals surface area contributed by atoms with Gasteiger partial charge in [-0.1, -0.05) is 6.07 Å². The normalized spacial score (nSPS) is 19.8. The molecule has 0 aromatic heterocycles.